The highest BCUT2D eigenvalue weighted by molar-refractivity contribution is 8.13. The molecule has 57 heavy (non-hydrogen) atoms. The zero-order valence-electron chi connectivity index (χ0n) is 30.6. The van der Waals surface area contributed by atoms with Crippen molar-refractivity contribution < 1.29 is 44.0 Å². The Labute approximate surface area is 342 Å². The smallest absolute Gasteiger partial charge is 0.255 e. The Morgan fingerprint density at radius 3 is 1.56 bits per heavy atom. The SMILES string of the molecule is CCCS(=O)(=O)Cl.CCCS(=O)(=O)N[C@H]1CCc2c(C(=O)Nc3ccc(F)c(Cl)c3)ccc(F)c21.N[C@H]1CCc2c(C(=O)Nc3ccc(F)c(Cl)c3)ccc(F)c21. The number of halogens is 7. The van der Waals surface area contributed by atoms with Crippen molar-refractivity contribution in [3.63, 3.8) is 0 Å². The van der Waals surface area contributed by atoms with Crippen LogP contribution in [0.1, 0.15) is 94.6 Å². The lowest BCUT2D eigenvalue weighted by molar-refractivity contribution is 0.101. The van der Waals surface area contributed by atoms with Gasteiger partial charge >= 0.3 is 0 Å². The third kappa shape index (κ3) is 12.4. The lowest BCUT2D eigenvalue weighted by Gasteiger charge is -2.16. The first kappa shape index (κ1) is 45.9. The minimum absolute atomic E-state index is 0.0496. The average molecular weight is 894 g/mol. The van der Waals surface area contributed by atoms with E-state index in [-0.39, 0.29) is 44.5 Å². The first-order valence-electron chi connectivity index (χ1n) is 17.6. The highest BCUT2D eigenvalue weighted by Crippen LogP contribution is 2.37. The average Bonchev–Trinajstić information content (AvgIpc) is 3.72. The van der Waals surface area contributed by atoms with E-state index in [0.29, 0.717) is 72.2 Å². The fraction of sp³-hybridized carbons (Fsp3) is 0.316. The van der Waals surface area contributed by atoms with Crippen molar-refractivity contribution >= 4 is 76.1 Å². The molecule has 0 bridgehead atoms. The molecule has 19 heteroatoms. The second-order valence-corrected chi connectivity index (χ2v) is 18.6. The molecule has 0 unspecified atom stereocenters. The Kier molecular flexibility index (Phi) is 15.9. The molecule has 308 valence electrons. The van der Waals surface area contributed by atoms with Gasteiger partial charge < -0.3 is 16.4 Å². The van der Waals surface area contributed by atoms with Crippen LogP contribution < -0.4 is 21.1 Å². The number of hydrogen-bond donors (Lipinski definition) is 4. The van der Waals surface area contributed by atoms with Crippen molar-refractivity contribution in [3.8, 4) is 0 Å². The van der Waals surface area contributed by atoms with Crippen molar-refractivity contribution in [1.82, 2.24) is 4.72 Å². The molecular formula is C38H39Cl3F4N4O6S2. The second kappa shape index (κ2) is 19.8. The van der Waals surface area contributed by atoms with Gasteiger partial charge in [-0.1, -0.05) is 37.0 Å². The summed E-state index contributed by atoms with van der Waals surface area (Å²) in [7, 11) is -1.93. The van der Waals surface area contributed by atoms with Crippen LogP contribution in [0.25, 0.3) is 0 Å². The van der Waals surface area contributed by atoms with Crippen LogP contribution in [-0.2, 0) is 31.9 Å². The molecule has 0 saturated carbocycles. The predicted octanol–water partition coefficient (Wildman–Crippen LogP) is 8.97. The fourth-order valence-electron chi connectivity index (χ4n) is 6.34. The number of nitrogens with one attached hydrogen (secondary N) is 3. The Morgan fingerprint density at radius 1 is 0.684 bits per heavy atom. The van der Waals surface area contributed by atoms with Gasteiger partial charge in [-0.15, -0.1) is 0 Å². The molecule has 2 atom stereocenters. The van der Waals surface area contributed by atoms with Gasteiger partial charge in [0.1, 0.15) is 23.3 Å². The summed E-state index contributed by atoms with van der Waals surface area (Å²) in [6, 6.07) is 11.8. The van der Waals surface area contributed by atoms with E-state index in [4.69, 9.17) is 39.6 Å². The number of hydrogen-bond acceptors (Lipinski definition) is 7. The Bertz CT molecular complexity index is 2370. The third-order valence-corrected chi connectivity index (χ3v) is 12.3. The van der Waals surface area contributed by atoms with Gasteiger partial charge in [0.25, 0.3) is 11.8 Å². The summed E-state index contributed by atoms with van der Waals surface area (Å²) in [4.78, 5) is 25.0. The number of nitrogens with two attached hydrogens (primary N) is 1. The number of fused-ring (bicyclic) bond motifs is 2. The zero-order valence-corrected chi connectivity index (χ0v) is 34.5. The second-order valence-electron chi connectivity index (χ2n) is 13.1. The molecule has 4 aromatic rings. The first-order chi connectivity index (χ1) is 26.7. The number of carbonyl (C=O) groups excluding carboxylic acids is 2. The summed E-state index contributed by atoms with van der Waals surface area (Å²) in [5, 5.41) is 5.03. The molecule has 0 radical (unpaired) electrons. The third-order valence-electron chi connectivity index (χ3n) is 8.80. The summed E-state index contributed by atoms with van der Waals surface area (Å²) >= 11 is 11.4. The van der Waals surface area contributed by atoms with Crippen molar-refractivity contribution in [2.75, 3.05) is 22.1 Å². The summed E-state index contributed by atoms with van der Waals surface area (Å²) in [6.07, 6.45) is 2.92. The van der Waals surface area contributed by atoms with Crippen LogP contribution in [-0.4, -0.2) is 40.2 Å². The number of sulfonamides is 1. The molecule has 6 rings (SSSR count). The van der Waals surface area contributed by atoms with Crippen LogP contribution in [0.5, 0.6) is 0 Å². The number of carbonyl (C=O) groups is 2. The lowest BCUT2D eigenvalue weighted by atomic mass is 10.0. The van der Waals surface area contributed by atoms with E-state index in [0.717, 1.165) is 12.1 Å². The maximum absolute atomic E-state index is 14.4. The highest BCUT2D eigenvalue weighted by atomic mass is 35.7. The van der Waals surface area contributed by atoms with Crippen LogP contribution >= 0.6 is 33.9 Å². The van der Waals surface area contributed by atoms with Crippen LogP contribution in [0.2, 0.25) is 10.0 Å². The Hall–Kier alpha value is -3.77. The standard InChI is InChI=1S/C19H19ClF2N2O3S.C16H13ClF2N2O.C3H7ClO2S/c1-2-9-28(26,27)24-17-8-5-12-13(4-7-16(22)18(12)17)19(25)23-11-3-6-15(21)14(20)10-11;17-11-7-8(1-4-12(11)18)21-16(22)10-2-5-13(19)15-9(10)3-6-14(15)20;1-2-3-7(4,5)6/h3-4,6-7,10,17,24H,2,5,8-9H2,1H3,(H,23,25);1-2,4-5,7,14H,3,6,20H2,(H,21,22);2-3H2,1H3/t17-;14-;/m00./s1. The van der Waals surface area contributed by atoms with Gasteiger partial charge in [-0.3, -0.25) is 9.59 Å². The first-order valence-corrected chi connectivity index (χ1v) is 22.5. The van der Waals surface area contributed by atoms with E-state index in [2.05, 4.69) is 15.4 Å². The number of amides is 2. The molecule has 2 aliphatic rings. The van der Waals surface area contributed by atoms with Crippen molar-refractivity contribution in [2.45, 2.75) is 64.5 Å². The van der Waals surface area contributed by atoms with Crippen molar-refractivity contribution in [3.05, 3.63) is 127 Å². The monoisotopic (exact) mass is 892 g/mol. The van der Waals surface area contributed by atoms with Gasteiger partial charge in [0.2, 0.25) is 19.1 Å². The van der Waals surface area contributed by atoms with E-state index in [1.54, 1.807) is 13.8 Å². The molecule has 4 aromatic carbocycles. The molecule has 5 N–H and O–H groups in total. The van der Waals surface area contributed by atoms with E-state index < -0.39 is 54.4 Å². The molecule has 0 fully saturated rings. The van der Waals surface area contributed by atoms with E-state index in [1.165, 1.54) is 48.5 Å². The molecule has 0 saturated heterocycles. The normalized spacial score (nSPS) is 15.7. The summed E-state index contributed by atoms with van der Waals surface area (Å²) in [5.74, 6) is -2.98. The maximum Gasteiger partial charge on any atom is 0.255 e. The van der Waals surface area contributed by atoms with Crippen molar-refractivity contribution in [1.29, 1.82) is 0 Å². The predicted molar refractivity (Wildman–Crippen MR) is 215 cm³/mol. The van der Waals surface area contributed by atoms with Gasteiger partial charge in [-0.2, -0.15) is 0 Å². The van der Waals surface area contributed by atoms with E-state index in [1.807, 2.05) is 0 Å². The van der Waals surface area contributed by atoms with Gasteiger partial charge in [-0.25, -0.2) is 39.1 Å². The quantitative estimate of drug-likeness (QED) is 0.0912. The topological polar surface area (TPSA) is 165 Å². The lowest BCUT2D eigenvalue weighted by Crippen LogP contribution is -2.30. The molecule has 10 nitrogen and oxygen atoms in total. The Morgan fingerprint density at radius 2 is 1.12 bits per heavy atom. The molecule has 2 amide bonds. The highest BCUT2D eigenvalue weighted by Gasteiger charge is 2.32. The fourth-order valence-corrected chi connectivity index (χ4v) is 8.98. The van der Waals surface area contributed by atoms with Gasteiger partial charge in [0, 0.05) is 50.4 Å². The van der Waals surface area contributed by atoms with Crippen LogP contribution in [0, 0.1) is 23.3 Å². The molecular weight excluding hydrogens is 855 g/mol. The van der Waals surface area contributed by atoms with Gasteiger partial charge in [-0.05, 0) is 110 Å². The van der Waals surface area contributed by atoms with Crippen LogP contribution in [0.4, 0.5) is 28.9 Å². The molecule has 0 heterocycles. The number of benzene rings is 4. The van der Waals surface area contributed by atoms with E-state index in [9.17, 15) is 44.0 Å². The van der Waals surface area contributed by atoms with Gasteiger partial charge in [0.05, 0.1) is 27.6 Å². The van der Waals surface area contributed by atoms with Crippen LogP contribution in [0.15, 0.2) is 60.7 Å². The Balaban J connectivity index is 0.000000221. The number of anilines is 2. The minimum Gasteiger partial charge on any atom is -0.324 e. The summed E-state index contributed by atoms with van der Waals surface area (Å²) in [6.45, 7) is 3.51. The molecule has 2 aliphatic carbocycles. The molecule has 0 spiro atoms. The number of rotatable bonds is 10. The molecule has 0 aliphatic heterocycles. The zero-order chi connectivity index (χ0) is 42.2. The van der Waals surface area contributed by atoms with E-state index >= 15 is 0 Å². The van der Waals surface area contributed by atoms with Crippen molar-refractivity contribution in [2.24, 2.45) is 5.73 Å². The van der Waals surface area contributed by atoms with Gasteiger partial charge in [0.15, 0.2) is 0 Å². The minimum atomic E-state index is -3.53. The maximum atomic E-state index is 14.4. The summed E-state index contributed by atoms with van der Waals surface area (Å²) in [5.41, 5.74) is 8.88. The largest absolute Gasteiger partial charge is 0.324 e. The van der Waals surface area contributed by atoms with Crippen LogP contribution in [0.3, 0.4) is 0 Å². The molecule has 0 aromatic heterocycles. The summed E-state index contributed by atoms with van der Waals surface area (Å²) < 4.78 is 101.